The Kier molecular flexibility index (Phi) is 3.76. The van der Waals surface area contributed by atoms with Crippen LogP contribution in [0.5, 0.6) is 11.5 Å². The molecule has 1 aliphatic rings. The molecule has 0 radical (unpaired) electrons. The van der Waals surface area contributed by atoms with Gasteiger partial charge in [-0.3, -0.25) is 5.32 Å². The summed E-state index contributed by atoms with van der Waals surface area (Å²) in [7, 11) is 0. The van der Waals surface area contributed by atoms with Crippen molar-refractivity contribution in [3.8, 4) is 11.5 Å². The fourth-order valence-corrected chi connectivity index (χ4v) is 1.97. The second kappa shape index (κ2) is 5.11. The van der Waals surface area contributed by atoms with Crippen LogP contribution in [0.3, 0.4) is 0 Å². The van der Waals surface area contributed by atoms with Crippen molar-refractivity contribution in [3.05, 3.63) is 17.7 Å². The van der Waals surface area contributed by atoms with Crippen LogP contribution in [0.25, 0.3) is 0 Å². The normalized spacial score (nSPS) is 15.7. The van der Waals surface area contributed by atoms with E-state index in [0.717, 1.165) is 0 Å². The maximum absolute atomic E-state index is 11.9. The molecule has 0 fully saturated rings. The highest BCUT2D eigenvalue weighted by molar-refractivity contribution is 5.88. The lowest BCUT2D eigenvalue weighted by Gasteiger charge is -2.20. The Balaban J connectivity index is 2.28. The molecule has 1 aliphatic heterocycles. The number of hydrogen-bond donors (Lipinski definition) is 2. The Morgan fingerprint density at radius 3 is 2.57 bits per heavy atom. The van der Waals surface area contributed by atoms with Gasteiger partial charge >= 0.3 is 6.09 Å². The molecule has 2 N–H and O–H groups in total. The SMILES string of the molecule is CC(C)(C)OC(=O)Nc1cc(CO)cc2c1OC(C)(C)O2. The number of anilines is 1. The number of amides is 1. The van der Waals surface area contributed by atoms with Crippen molar-refractivity contribution in [2.24, 2.45) is 0 Å². The third-order valence-electron chi connectivity index (χ3n) is 2.64. The first-order chi connectivity index (χ1) is 9.59. The molecule has 0 aliphatic carbocycles. The Morgan fingerprint density at radius 1 is 1.33 bits per heavy atom. The minimum Gasteiger partial charge on any atom is -0.449 e. The lowest BCUT2D eigenvalue weighted by atomic mass is 10.2. The summed E-state index contributed by atoms with van der Waals surface area (Å²) in [5, 5.41) is 11.9. The van der Waals surface area contributed by atoms with E-state index in [1.807, 2.05) is 0 Å². The summed E-state index contributed by atoms with van der Waals surface area (Å²) in [4.78, 5) is 11.9. The van der Waals surface area contributed by atoms with E-state index < -0.39 is 17.5 Å². The number of hydrogen-bond acceptors (Lipinski definition) is 5. The smallest absolute Gasteiger partial charge is 0.412 e. The van der Waals surface area contributed by atoms with Crippen LogP contribution < -0.4 is 14.8 Å². The van der Waals surface area contributed by atoms with Crippen molar-refractivity contribution in [2.75, 3.05) is 5.32 Å². The topological polar surface area (TPSA) is 77.0 Å². The largest absolute Gasteiger partial charge is 0.449 e. The van der Waals surface area contributed by atoms with Crippen molar-refractivity contribution in [1.82, 2.24) is 0 Å². The van der Waals surface area contributed by atoms with Gasteiger partial charge in [0.1, 0.15) is 5.60 Å². The van der Waals surface area contributed by atoms with Gasteiger partial charge in [0.2, 0.25) is 5.79 Å². The average molecular weight is 295 g/mol. The molecule has 1 heterocycles. The molecule has 6 heteroatoms. The molecule has 0 saturated carbocycles. The third kappa shape index (κ3) is 3.78. The number of nitrogens with one attached hydrogen (secondary N) is 1. The predicted molar refractivity (Wildman–Crippen MR) is 77.6 cm³/mol. The van der Waals surface area contributed by atoms with Gasteiger partial charge < -0.3 is 19.3 Å². The zero-order valence-corrected chi connectivity index (χ0v) is 12.9. The molecule has 0 unspecified atom stereocenters. The first-order valence-corrected chi connectivity index (χ1v) is 6.75. The zero-order valence-electron chi connectivity index (χ0n) is 12.9. The van der Waals surface area contributed by atoms with Gasteiger partial charge in [-0.1, -0.05) is 0 Å². The van der Waals surface area contributed by atoms with Gasteiger partial charge in [0, 0.05) is 13.8 Å². The number of benzene rings is 1. The Labute approximate surface area is 124 Å². The molecule has 1 aromatic carbocycles. The van der Waals surface area contributed by atoms with Gasteiger partial charge in [0.15, 0.2) is 11.5 Å². The molecule has 1 amide bonds. The number of ether oxygens (including phenoxy) is 3. The molecule has 6 nitrogen and oxygen atoms in total. The molecule has 0 aromatic heterocycles. The van der Waals surface area contributed by atoms with Crippen LogP contribution >= 0.6 is 0 Å². The van der Waals surface area contributed by atoms with E-state index >= 15 is 0 Å². The number of fused-ring (bicyclic) bond motifs is 1. The fraction of sp³-hybridized carbons (Fsp3) is 0.533. The van der Waals surface area contributed by atoms with Crippen LogP contribution in [0.15, 0.2) is 12.1 Å². The predicted octanol–water partition coefficient (Wildman–Crippen LogP) is 3.03. The summed E-state index contributed by atoms with van der Waals surface area (Å²) in [5.41, 5.74) is 0.427. The van der Waals surface area contributed by atoms with Crippen LogP contribution in [0.2, 0.25) is 0 Å². The first kappa shape index (κ1) is 15.4. The van der Waals surface area contributed by atoms with E-state index in [1.54, 1.807) is 46.8 Å². The van der Waals surface area contributed by atoms with Crippen LogP contribution in [0.4, 0.5) is 10.5 Å². The number of carbonyl (C=O) groups excluding carboxylic acids is 1. The highest BCUT2D eigenvalue weighted by Gasteiger charge is 2.34. The van der Waals surface area contributed by atoms with Crippen LogP contribution in [-0.4, -0.2) is 22.6 Å². The number of aliphatic hydroxyl groups excluding tert-OH is 1. The fourth-order valence-electron chi connectivity index (χ4n) is 1.97. The van der Waals surface area contributed by atoms with Crippen molar-refractivity contribution in [3.63, 3.8) is 0 Å². The van der Waals surface area contributed by atoms with Crippen molar-refractivity contribution in [1.29, 1.82) is 0 Å². The quantitative estimate of drug-likeness (QED) is 0.877. The molecule has 0 atom stereocenters. The highest BCUT2D eigenvalue weighted by Crippen LogP contribution is 2.45. The molecule has 21 heavy (non-hydrogen) atoms. The van der Waals surface area contributed by atoms with Gasteiger partial charge in [-0.2, -0.15) is 0 Å². The Morgan fingerprint density at radius 2 is 2.00 bits per heavy atom. The standard InChI is InChI=1S/C15H21NO5/c1-14(2,3)21-13(18)16-10-6-9(8-17)7-11-12(10)20-15(4,5)19-11/h6-7,17H,8H2,1-5H3,(H,16,18). The zero-order chi connectivity index (χ0) is 15.8. The van der Waals surface area contributed by atoms with E-state index in [2.05, 4.69) is 5.32 Å². The van der Waals surface area contributed by atoms with E-state index in [9.17, 15) is 9.90 Å². The minimum atomic E-state index is -0.819. The molecule has 0 spiro atoms. The molecule has 116 valence electrons. The van der Waals surface area contributed by atoms with Crippen molar-refractivity contribution < 1.29 is 24.1 Å². The van der Waals surface area contributed by atoms with Gasteiger partial charge in [-0.15, -0.1) is 0 Å². The van der Waals surface area contributed by atoms with Crippen molar-refractivity contribution in [2.45, 2.75) is 52.6 Å². The molecule has 1 aromatic rings. The monoisotopic (exact) mass is 295 g/mol. The lowest BCUT2D eigenvalue weighted by molar-refractivity contribution is -0.0429. The summed E-state index contributed by atoms with van der Waals surface area (Å²) in [6, 6.07) is 3.32. The second-order valence-corrected chi connectivity index (χ2v) is 6.36. The van der Waals surface area contributed by atoms with E-state index in [1.165, 1.54) is 0 Å². The molecular weight excluding hydrogens is 274 g/mol. The number of carbonyl (C=O) groups is 1. The maximum atomic E-state index is 11.9. The number of rotatable bonds is 2. The highest BCUT2D eigenvalue weighted by atomic mass is 16.7. The number of aliphatic hydroxyl groups is 1. The van der Waals surface area contributed by atoms with E-state index in [0.29, 0.717) is 22.7 Å². The Hall–Kier alpha value is -1.95. The van der Waals surface area contributed by atoms with Gasteiger partial charge in [-0.25, -0.2) is 4.79 Å². The average Bonchev–Trinajstić information content (AvgIpc) is 2.60. The minimum absolute atomic E-state index is 0.167. The lowest BCUT2D eigenvalue weighted by Crippen LogP contribution is -2.30. The van der Waals surface area contributed by atoms with Gasteiger partial charge in [0.25, 0.3) is 0 Å². The summed E-state index contributed by atoms with van der Waals surface area (Å²) in [6.07, 6.45) is -0.590. The second-order valence-electron chi connectivity index (χ2n) is 6.36. The van der Waals surface area contributed by atoms with Gasteiger partial charge in [-0.05, 0) is 38.5 Å². The molecule has 0 saturated heterocycles. The molecular formula is C15H21NO5. The Bertz CT molecular complexity index is 560. The van der Waals surface area contributed by atoms with E-state index in [-0.39, 0.29) is 6.61 Å². The summed E-state index contributed by atoms with van der Waals surface area (Å²) in [6.45, 7) is 8.71. The van der Waals surface area contributed by atoms with Gasteiger partial charge in [0.05, 0.1) is 12.3 Å². The molecule has 0 bridgehead atoms. The van der Waals surface area contributed by atoms with E-state index in [4.69, 9.17) is 14.2 Å². The third-order valence-corrected chi connectivity index (χ3v) is 2.64. The first-order valence-electron chi connectivity index (χ1n) is 6.75. The van der Waals surface area contributed by atoms with Crippen LogP contribution in [-0.2, 0) is 11.3 Å². The van der Waals surface area contributed by atoms with Crippen LogP contribution in [0.1, 0.15) is 40.2 Å². The summed E-state index contributed by atoms with van der Waals surface area (Å²) in [5.74, 6) is 0.0986. The summed E-state index contributed by atoms with van der Waals surface area (Å²) < 4.78 is 16.5. The van der Waals surface area contributed by atoms with Crippen molar-refractivity contribution >= 4 is 11.8 Å². The molecule has 2 rings (SSSR count). The van der Waals surface area contributed by atoms with Crippen LogP contribution in [0, 0.1) is 0 Å². The summed E-state index contributed by atoms with van der Waals surface area (Å²) >= 11 is 0. The maximum Gasteiger partial charge on any atom is 0.412 e.